The Bertz CT molecular complexity index is 989. The fraction of sp³-hybridized carbons (Fsp3) is 0.0556. The summed E-state index contributed by atoms with van der Waals surface area (Å²) < 4.78 is 5.81. The highest BCUT2D eigenvalue weighted by molar-refractivity contribution is 8.26. The minimum atomic E-state index is -0.570. The van der Waals surface area contributed by atoms with Gasteiger partial charge in [-0.15, -0.1) is 0 Å². The number of benzene rings is 2. The average Bonchev–Trinajstić information content (AvgIpc) is 2.98. The number of para-hydroxylation sites is 2. The van der Waals surface area contributed by atoms with E-state index in [1.807, 2.05) is 0 Å². The number of thioether (sulfide) groups is 1. The molecule has 0 aliphatic carbocycles. The van der Waals surface area contributed by atoms with Crippen molar-refractivity contribution < 1.29 is 19.2 Å². The van der Waals surface area contributed by atoms with Gasteiger partial charge in [-0.3, -0.25) is 19.7 Å². The van der Waals surface area contributed by atoms with Crippen LogP contribution in [0.25, 0.3) is 6.08 Å². The van der Waals surface area contributed by atoms with Crippen LogP contribution < -0.4 is 15.4 Å². The minimum absolute atomic E-state index is 0.105. The molecule has 142 valence electrons. The van der Waals surface area contributed by atoms with Crippen LogP contribution in [0.1, 0.15) is 5.56 Å². The number of ether oxygens (including phenoxy) is 1. The summed E-state index contributed by atoms with van der Waals surface area (Å²) in [5, 5.41) is 16.0. The van der Waals surface area contributed by atoms with Crippen LogP contribution in [0, 0.1) is 10.1 Å². The lowest BCUT2D eigenvalue weighted by atomic mass is 10.2. The number of carbonyl (C=O) groups is 2. The number of nitrogens with zero attached hydrogens (tertiary/aromatic N) is 1. The van der Waals surface area contributed by atoms with Gasteiger partial charge in [-0.1, -0.05) is 48.2 Å². The zero-order chi connectivity index (χ0) is 20.1. The first kappa shape index (κ1) is 19.5. The van der Waals surface area contributed by atoms with Crippen LogP contribution in [0.3, 0.4) is 0 Å². The van der Waals surface area contributed by atoms with Crippen molar-refractivity contribution >= 4 is 57.6 Å². The molecule has 3 rings (SSSR count). The summed E-state index contributed by atoms with van der Waals surface area (Å²) in [5.74, 6) is -0.311. The lowest BCUT2D eigenvalue weighted by molar-refractivity contribution is -0.383. The number of rotatable bonds is 6. The molecule has 8 nitrogen and oxygen atoms in total. The monoisotopic (exact) mass is 415 g/mol. The molecule has 1 heterocycles. The number of nitro groups is 1. The quantitative estimate of drug-likeness (QED) is 0.323. The number of nitrogens with one attached hydrogen (secondary N) is 2. The number of nitro benzene ring substituents is 1. The Labute approximate surface area is 169 Å². The van der Waals surface area contributed by atoms with Gasteiger partial charge in [-0.2, -0.15) is 0 Å². The Kier molecular flexibility index (Phi) is 6.02. The first-order chi connectivity index (χ1) is 13.4. The number of amides is 2. The maximum absolute atomic E-state index is 12.0. The number of carbonyl (C=O) groups excluding carboxylic acids is 2. The molecule has 2 aromatic rings. The number of hydrogen-bond acceptors (Lipinski definition) is 7. The third-order valence-electron chi connectivity index (χ3n) is 3.56. The van der Waals surface area contributed by atoms with Crippen LogP contribution >= 0.6 is 24.0 Å². The molecule has 0 spiro atoms. The third kappa shape index (κ3) is 4.93. The summed E-state index contributed by atoms with van der Waals surface area (Å²) in [6.45, 7) is -0.307. The van der Waals surface area contributed by atoms with Gasteiger partial charge in [-0.05, 0) is 29.8 Å². The summed E-state index contributed by atoms with van der Waals surface area (Å²) >= 11 is 6.12. The molecule has 2 N–H and O–H groups in total. The van der Waals surface area contributed by atoms with E-state index in [1.54, 1.807) is 36.4 Å². The van der Waals surface area contributed by atoms with Gasteiger partial charge in [-0.25, -0.2) is 0 Å². The van der Waals surface area contributed by atoms with E-state index in [0.29, 0.717) is 15.0 Å². The molecular weight excluding hydrogens is 402 g/mol. The van der Waals surface area contributed by atoms with Crippen LogP contribution in [0.4, 0.5) is 11.4 Å². The standard InChI is InChI=1S/C18H13N3O5S2/c22-16(19-13-3-1-2-4-14(13)21(24)25)10-26-12-7-5-11(6-8-12)9-15-17(23)20-18(27)28-15/h1-9H,10H2,(H,19,22)(H,20,23,27)/b15-9-. The highest BCUT2D eigenvalue weighted by atomic mass is 32.2. The molecule has 1 saturated heterocycles. The van der Waals surface area contributed by atoms with Crippen molar-refractivity contribution in [2.45, 2.75) is 0 Å². The molecule has 2 aromatic carbocycles. The van der Waals surface area contributed by atoms with Crippen molar-refractivity contribution in [1.82, 2.24) is 5.32 Å². The zero-order valence-electron chi connectivity index (χ0n) is 14.2. The van der Waals surface area contributed by atoms with Gasteiger partial charge in [0.1, 0.15) is 15.8 Å². The van der Waals surface area contributed by atoms with Gasteiger partial charge in [0.05, 0.1) is 9.83 Å². The number of thiocarbonyl (C=S) groups is 1. The summed E-state index contributed by atoms with van der Waals surface area (Å²) in [7, 11) is 0. The Balaban J connectivity index is 1.57. The van der Waals surface area contributed by atoms with Crippen molar-refractivity contribution in [3.8, 4) is 5.75 Å². The normalized spacial score (nSPS) is 14.6. The zero-order valence-corrected chi connectivity index (χ0v) is 15.8. The fourth-order valence-electron chi connectivity index (χ4n) is 2.31. The molecule has 0 radical (unpaired) electrons. The molecule has 0 saturated carbocycles. The predicted molar refractivity (Wildman–Crippen MR) is 110 cm³/mol. The van der Waals surface area contributed by atoms with Crippen LogP contribution in [0.5, 0.6) is 5.75 Å². The molecule has 0 unspecified atom stereocenters. The van der Waals surface area contributed by atoms with Crippen molar-refractivity contribution in [2.75, 3.05) is 11.9 Å². The van der Waals surface area contributed by atoms with Crippen LogP contribution in [0.15, 0.2) is 53.4 Å². The van der Waals surface area contributed by atoms with Crippen LogP contribution in [-0.4, -0.2) is 27.7 Å². The maximum atomic E-state index is 12.0. The fourth-order valence-corrected chi connectivity index (χ4v) is 3.35. The van der Waals surface area contributed by atoms with Gasteiger partial charge >= 0.3 is 0 Å². The summed E-state index contributed by atoms with van der Waals surface area (Å²) in [6, 6.07) is 12.6. The lowest BCUT2D eigenvalue weighted by Crippen LogP contribution is -2.20. The first-order valence-corrected chi connectivity index (χ1v) is 9.16. The van der Waals surface area contributed by atoms with Crippen molar-refractivity contribution in [2.24, 2.45) is 0 Å². The van der Waals surface area contributed by atoms with E-state index in [0.717, 1.165) is 5.56 Å². The molecular formula is C18H13N3O5S2. The third-order valence-corrected chi connectivity index (χ3v) is 4.73. The molecule has 0 bridgehead atoms. The molecule has 1 aliphatic heterocycles. The van der Waals surface area contributed by atoms with E-state index in [9.17, 15) is 19.7 Å². The van der Waals surface area contributed by atoms with E-state index in [-0.39, 0.29) is 23.9 Å². The van der Waals surface area contributed by atoms with E-state index in [2.05, 4.69) is 10.6 Å². The van der Waals surface area contributed by atoms with Crippen molar-refractivity contribution in [3.63, 3.8) is 0 Å². The first-order valence-electron chi connectivity index (χ1n) is 7.93. The highest BCUT2D eigenvalue weighted by Crippen LogP contribution is 2.26. The smallest absolute Gasteiger partial charge is 0.292 e. The van der Waals surface area contributed by atoms with Gasteiger partial charge < -0.3 is 15.4 Å². The topological polar surface area (TPSA) is 111 Å². The average molecular weight is 415 g/mol. The lowest BCUT2D eigenvalue weighted by Gasteiger charge is -2.08. The molecule has 10 heteroatoms. The van der Waals surface area contributed by atoms with Gasteiger partial charge in [0.25, 0.3) is 17.5 Å². The van der Waals surface area contributed by atoms with Crippen molar-refractivity contribution in [1.29, 1.82) is 0 Å². The SMILES string of the molecule is O=C(COc1ccc(/C=C2\SC(=S)NC2=O)cc1)Nc1ccccc1[N+](=O)[O-]. The highest BCUT2D eigenvalue weighted by Gasteiger charge is 2.21. The second-order valence-corrected chi connectivity index (χ2v) is 7.25. The number of anilines is 1. The second-order valence-electron chi connectivity index (χ2n) is 5.53. The molecule has 1 fully saturated rings. The largest absolute Gasteiger partial charge is 0.484 e. The van der Waals surface area contributed by atoms with E-state index in [4.69, 9.17) is 17.0 Å². The van der Waals surface area contributed by atoms with Crippen LogP contribution in [-0.2, 0) is 9.59 Å². The Morgan fingerprint density at radius 2 is 1.96 bits per heavy atom. The Morgan fingerprint density at radius 1 is 1.25 bits per heavy atom. The van der Waals surface area contributed by atoms with E-state index < -0.39 is 10.8 Å². The van der Waals surface area contributed by atoms with E-state index >= 15 is 0 Å². The van der Waals surface area contributed by atoms with Gasteiger partial charge in [0.2, 0.25) is 0 Å². The molecule has 0 aromatic heterocycles. The number of hydrogen-bond donors (Lipinski definition) is 2. The Morgan fingerprint density at radius 3 is 2.61 bits per heavy atom. The molecule has 1 aliphatic rings. The van der Waals surface area contributed by atoms with Crippen LogP contribution in [0.2, 0.25) is 0 Å². The van der Waals surface area contributed by atoms with Gasteiger partial charge in [0, 0.05) is 6.07 Å². The van der Waals surface area contributed by atoms with Gasteiger partial charge in [0.15, 0.2) is 6.61 Å². The van der Waals surface area contributed by atoms with Crippen molar-refractivity contribution in [3.05, 3.63) is 69.1 Å². The molecule has 28 heavy (non-hydrogen) atoms. The second kappa shape index (κ2) is 8.63. The van der Waals surface area contributed by atoms with E-state index in [1.165, 1.54) is 30.0 Å². The minimum Gasteiger partial charge on any atom is -0.484 e. The Hall–Kier alpha value is -3.24. The molecule has 2 amide bonds. The summed E-state index contributed by atoms with van der Waals surface area (Å²) in [5.41, 5.74) is 0.689. The molecule has 0 atom stereocenters. The summed E-state index contributed by atoms with van der Waals surface area (Å²) in [4.78, 5) is 34.5. The predicted octanol–water partition coefficient (Wildman–Crippen LogP) is 3.10. The maximum Gasteiger partial charge on any atom is 0.292 e. The summed E-state index contributed by atoms with van der Waals surface area (Å²) in [6.07, 6.45) is 1.70.